The van der Waals surface area contributed by atoms with Crippen molar-refractivity contribution < 1.29 is 9.53 Å². The van der Waals surface area contributed by atoms with Gasteiger partial charge in [-0.15, -0.1) is 0 Å². The van der Waals surface area contributed by atoms with Crippen LogP contribution in [-0.4, -0.2) is 23.4 Å². The zero-order valence-corrected chi connectivity index (χ0v) is 15.4. The first kappa shape index (κ1) is 17.5. The SMILES string of the molecule is Cc1ccc(C(C)Oc2cccc(C(=O)N3CCCCC3C)c2)cc1. The Morgan fingerprint density at radius 3 is 2.64 bits per heavy atom. The summed E-state index contributed by atoms with van der Waals surface area (Å²) in [6, 6.07) is 16.2. The maximum absolute atomic E-state index is 12.8. The number of amides is 1. The van der Waals surface area contributed by atoms with Crippen LogP contribution in [0.3, 0.4) is 0 Å². The minimum Gasteiger partial charge on any atom is -0.486 e. The lowest BCUT2D eigenvalue weighted by atomic mass is 10.0. The van der Waals surface area contributed by atoms with Crippen molar-refractivity contribution in [3.63, 3.8) is 0 Å². The second-order valence-electron chi connectivity index (χ2n) is 7.04. The third-order valence-corrected chi connectivity index (χ3v) is 5.00. The van der Waals surface area contributed by atoms with Crippen LogP contribution in [0.2, 0.25) is 0 Å². The Balaban J connectivity index is 1.72. The Kier molecular flexibility index (Phi) is 5.42. The standard InChI is InChI=1S/C22H27NO2/c1-16-10-12-19(13-11-16)18(3)25-21-9-6-8-20(15-21)22(24)23-14-5-4-7-17(23)2/h6,8-13,15,17-18H,4-5,7,14H2,1-3H3. The van der Waals surface area contributed by atoms with Crippen molar-refractivity contribution in [1.82, 2.24) is 4.90 Å². The molecule has 0 bridgehead atoms. The van der Waals surface area contributed by atoms with Gasteiger partial charge in [0.1, 0.15) is 11.9 Å². The fourth-order valence-electron chi connectivity index (χ4n) is 3.38. The quantitative estimate of drug-likeness (QED) is 0.772. The molecular weight excluding hydrogens is 310 g/mol. The van der Waals surface area contributed by atoms with E-state index in [4.69, 9.17) is 4.74 Å². The molecule has 3 heteroatoms. The fourth-order valence-corrected chi connectivity index (χ4v) is 3.38. The highest BCUT2D eigenvalue weighted by molar-refractivity contribution is 5.94. The van der Waals surface area contributed by atoms with Crippen molar-refractivity contribution in [2.75, 3.05) is 6.54 Å². The number of carbonyl (C=O) groups excluding carboxylic acids is 1. The lowest BCUT2D eigenvalue weighted by Crippen LogP contribution is -2.42. The highest BCUT2D eigenvalue weighted by Crippen LogP contribution is 2.25. The van der Waals surface area contributed by atoms with E-state index >= 15 is 0 Å². The van der Waals surface area contributed by atoms with Crippen LogP contribution in [0.4, 0.5) is 0 Å². The molecule has 2 atom stereocenters. The summed E-state index contributed by atoms with van der Waals surface area (Å²) in [5.41, 5.74) is 3.08. The van der Waals surface area contributed by atoms with Crippen LogP contribution in [-0.2, 0) is 0 Å². The van der Waals surface area contributed by atoms with Crippen LogP contribution in [0.15, 0.2) is 48.5 Å². The number of nitrogens with zero attached hydrogens (tertiary/aromatic N) is 1. The van der Waals surface area contributed by atoms with Gasteiger partial charge < -0.3 is 9.64 Å². The average Bonchev–Trinajstić information content (AvgIpc) is 2.62. The van der Waals surface area contributed by atoms with Gasteiger partial charge in [0, 0.05) is 18.2 Å². The third kappa shape index (κ3) is 4.22. The number of rotatable bonds is 4. The van der Waals surface area contributed by atoms with E-state index in [0.717, 1.165) is 30.7 Å². The lowest BCUT2D eigenvalue weighted by Gasteiger charge is -2.33. The molecule has 1 amide bonds. The summed E-state index contributed by atoms with van der Waals surface area (Å²) in [6.07, 6.45) is 3.34. The van der Waals surface area contributed by atoms with Crippen molar-refractivity contribution in [1.29, 1.82) is 0 Å². The van der Waals surface area contributed by atoms with Crippen molar-refractivity contribution in [3.05, 3.63) is 65.2 Å². The van der Waals surface area contributed by atoms with Crippen LogP contribution in [0, 0.1) is 6.92 Å². The normalized spacial score (nSPS) is 18.7. The smallest absolute Gasteiger partial charge is 0.254 e. The van der Waals surface area contributed by atoms with E-state index in [0.29, 0.717) is 11.6 Å². The molecule has 2 aromatic rings. The van der Waals surface area contributed by atoms with Crippen LogP contribution in [0.5, 0.6) is 5.75 Å². The fraction of sp³-hybridized carbons (Fsp3) is 0.409. The molecule has 0 N–H and O–H groups in total. The summed E-state index contributed by atoms with van der Waals surface area (Å²) >= 11 is 0. The van der Waals surface area contributed by atoms with Gasteiger partial charge in [-0.05, 0) is 63.8 Å². The topological polar surface area (TPSA) is 29.5 Å². The molecular formula is C22H27NO2. The number of aryl methyl sites for hydroxylation is 1. The first-order valence-electron chi connectivity index (χ1n) is 9.19. The van der Waals surface area contributed by atoms with Gasteiger partial charge >= 0.3 is 0 Å². The number of hydrogen-bond donors (Lipinski definition) is 0. The molecule has 2 unspecified atom stereocenters. The highest BCUT2D eigenvalue weighted by atomic mass is 16.5. The first-order chi connectivity index (χ1) is 12.0. The molecule has 0 aromatic heterocycles. The average molecular weight is 337 g/mol. The summed E-state index contributed by atoms with van der Waals surface area (Å²) in [5, 5.41) is 0. The van der Waals surface area contributed by atoms with Crippen molar-refractivity contribution in [3.8, 4) is 5.75 Å². The molecule has 132 valence electrons. The predicted molar refractivity (Wildman–Crippen MR) is 101 cm³/mol. The second-order valence-corrected chi connectivity index (χ2v) is 7.04. The van der Waals surface area contributed by atoms with Gasteiger partial charge in [-0.2, -0.15) is 0 Å². The maximum atomic E-state index is 12.8. The van der Waals surface area contributed by atoms with Gasteiger partial charge in [0.2, 0.25) is 0 Å². The molecule has 3 rings (SSSR count). The molecule has 3 nitrogen and oxygen atoms in total. The van der Waals surface area contributed by atoms with E-state index in [1.165, 1.54) is 12.0 Å². The maximum Gasteiger partial charge on any atom is 0.254 e. The number of ether oxygens (including phenoxy) is 1. The Morgan fingerprint density at radius 2 is 1.92 bits per heavy atom. The van der Waals surface area contributed by atoms with Crippen molar-refractivity contribution in [2.24, 2.45) is 0 Å². The van der Waals surface area contributed by atoms with Crippen LogP contribution < -0.4 is 4.74 Å². The van der Waals surface area contributed by atoms with E-state index in [2.05, 4.69) is 38.1 Å². The van der Waals surface area contributed by atoms with Gasteiger partial charge in [0.25, 0.3) is 5.91 Å². The Labute approximate surface area is 150 Å². The number of likely N-dealkylation sites (tertiary alicyclic amines) is 1. The van der Waals surface area contributed by atoms with E-state index in [-0.39, 0.29) is 12.0 Å². The summed E-state index contributed by atoms with van der Waals surface area (Å²) in [4.78, 5) is 14.8. The summed E-state index contributed by atoms with van der Waals surface area (Å²) in [6.45, 7) is 7.10. The molecule has 0 aliphatic carbocycles. The van der Waals surface area contributed by atoms with E-state index < -0.39 is 0 Å². The predicted octanol–water partition coefficient (Wildman–Crippen LogP) is 5.15. The molecule has 1 fully saturated rings. The molecule has 0 saturated carbocycles. The Morgan fingerprint density at radius 1 is 1.16 bits per heavy atom. The Hall–Kier alpha value is -2.29. The molecule has 1 saturated heterocycles. The van der Waals surface area contributed by atoms with Gasteiger partial charge in [-0.1, -0.05) is 35.9 Å². The lowest BCUT2D eigenvalue weighted by molar-refractivity contribution is 0.0635. The monoisotopic (exact) mass is 337 g/mol. The van der Waals surface area contributed by atoms with Gasteiger partial charge in [0.05, 0.1) is 0 Å². The van der Waals surface area contributed by atoms with Gasteiger partial charge in [-0.3, -0.25) is 4.79 Å². The molecule has 1 aliphatic heterocycles. The number of hydrogen-bond acceptors (Lipinski definition) is 2. The molecule has 1 aliphatic rings. The molecule has 25 heavy (non-hydrogen) atoms. The Bertz CT molecular complexity index is 723. The van der Waals surface area contributed by atoms with Crippen LogP contribution >= 0.6 is 0 Å². The highest BCUT2D eigenvalue weighted by Gasteiger charge is 2.24. The van der Waals surface area contributed by atoms with Crippen molar-refractivity contribution in [2.45, 2.75) is 52.2 Å². The molecule has 2 aromatic carbocycles. The van der Waals surface area contributed by atoms with Crippen LogP contribution in [0.25, 0.3) is 0 Å². The van der Waals surface area contributed by atoms with E-state index in [1.807, 2.05) is 36.1 Å². The third-order valence-electron chi connectivity index (χ3n) is 5.00. The van der Waals surface area contributed by atoms with E-state index in [1.54, 1.807) is 0 Å². The number of carbonyl (C=O) groups is 1. The van der Waals surface area contributed by atoms with Gasteiger partial charge in [0.15, 0.2) is 0 Å². The summed E-state index contributed by atoms with van der Waals surface area (Å²) < 4.78 is 6.07. The second kappa shape index (κ2) is 7.73. The summed E-state index contributed by atoms with van der Waals surface area (Å²) in [7, 11) is 0. The largest absolute Gasteiger partial charge is 0.486 e. The first-order valence-corrected chi connectivity index (χ1v) is 9.19. The molecule has 0 spiro atoms. The zero-order valence-electron chi connectivity index (χ0n) is 15.4. The minimum atomic E-state index is -0.0557. The molecule has 0 radical (unpaired) electrons. The summed E-state index contributed by atoms with van der Waals surface area (Å²) in [5.74, 6) is 0.851. The minimum absolute atomic E-state index is 0.0557. The van der Waals surface area contributed by atoms with E-state index in [9.17, 15) is 4.79 Å². The zero-order chi connectivity index (χ0) is 17.8. The van der Waals surface area contributed by atoms with Crippen molar-refractivity contribution >= 4 is 5.91 Å². The van der Waals surface area contributed by atoms with Gasteiger partial charge in [-0.25, -0.2) is 0 Å². The number of piperidine rings is 1. The van der Waals surface area contributed by atoms with Crippen LogP contribution in [0.1, 0.15) is 60.7 Å². The number of benzene rings is 2. The molecule has 1 heterocycles.